The van der Waals surface area contributed by atoms with E-state index >= 15 is 0 Å². The topological polar surface area (TPSA) is 98.8 Å². The van der Waals surface area contributed by atoms with Crippen LogP contribution < -0.4 is 5.90 Å². The molecule has 102 valence electrons. The van der Waals surface area contributed by atoms with Crippen molar-refractivity contribution in [1.29, 1.82) is 0 Å². The molecule has 0 unspecified atom stereocenters. The fraction of sp³-hybridized carbons (Fsp3) is 0.455. The lowest BCUT2D eigenvalue weighted by Crippen LogP contribution is -2.15. The van der Waals surface area contributed by atoms with Gasteiger partial charge in [0.2, 0.25) is 0 Å². The van der Waals surface area contributed by atoms with Gasteiger partial charge in [-0.2, -0.15) is 18.6 Å². The molecule has 0 aliphatic rings. The fourth-order valence-corrected chi connectivity index (χ4v) is 2.08. The SMILES string of the molecule is Cc1c(C)c(O)c(C)c(COS(=O)(=O)ON)c1C. The highest BCUT2D eigenvalue weighted by Crippen LogP contribution is 2.32. The van der Waals surface area contributed by atoms with Crippen LogP contribution in [0.25, 0.3) is 0 Å². The maximum atomic E-state index is 11.0. The molecule has 1 rings (SSSR count). The Kier molecular flexibility index (Phi) is 4.33. The summed E-state index contributed by atoms with van der Waals surface area (Å²) in [4.78, 5) is 0. The van der Waals surface area contributed by atoms with Gasteiger partial charge in [0.1, 0.15) is 5.75 Å². The van der Waals surface area contributed by atoms with E-state index in [-0.39, 0.29) is 12.4 Å². The van der Waals surface area contributed by atoms with Crippen LogP contribution in [0.2, 0.25) is 0 Å². The molecule has 0 aromatic heterocycles. The number of hydrogen-bond acceptors (Lipinski definition) is 6. The Morgan fingerprint density at radius 3 is 2.11 bits per heavy atom. The molecule has 0 amide bonds. The van der Waals surface area contributed by atoms with E-state index in [0.717, 1.165) is 16.7 Å². The first-order valence-corrected chi connectivity index (χ1v) is 6.60. The van der Waals surface area contributed by atoms with Crippen molar-refractivity contribution in [3.05, 3.63) is 27.8 Å². The van der Waals surface area contributed by atoms with Crippen molar-refractivity contribution in [3.8, 4) is 5.75 Å². The molecule has 3 N–H and O–H groups in total. The minimum atomic E-state index is -4.19. The first kappa shape index (κ1) is 14.9. The van der Waals surface area contributed by atoms with E-state index in [1.165, 1.54) is 0 Å². The molecule has 0 saturated carbocycles. The maximum Gasteiger partial charge on any atom is 0.416 e. The summed E-state index contributed by atoms with van der Waals surface area (Å²) >= 11 is 0. The average molecular weight is 275 g/mol. The van der Waals surface area contributed by atoms with Crippen molar-refractivity contribution in [1.82, 2.24) is 0 Å². The van der Waals surface area contributed by atoms with Crippen LogP contribution in [0.15, 0.2) is 0 Å². The molecule has 0 atom stereocenters. The zero-order valence-corrected chi connectivity index (χ0v) is 11.6. The first-order valence-electron chi connectivity index (χ1n) is 5.27. The second kappa shape index (κ2) is 5.23. The summed E-state index contributed by atoms with van der Waals surface area (Å²) in [5.74, 6) is 4.71. The van der Waals surface area contributed by atoms with Crippen LogP contribution in [-0.2, 0) is 25.5 Å². The Morgan fingerprint density at radius 2 is 1.61 bits per heavy atom. The molecular formula is C11H17NO5S. The second-order valence-corrected chi connectivity index (χ2v) is 5.34. The Balaban J connectivity index is 3.19. The van der Waals surface area contributed by atoms with Gasteiger partial charge in [-0.05, 0) is 55.5 Å². The molecule has 0 saturated heterocycles. The zero-order chi connectivity index (χ0) is 14.1. The standard InChI is InChI=1S/C11H17NO5S/c1-6-7(2)10(5-16-18(14,15)17-12)9(4)11(13)8(6)3/h13H,5,12H2,1-4H3. The highest BCUT2D eigenvalue weighted by Gasteiger charge is 2.17. The third-order valence-corrected chi connectivity index (χ3v) is 3.85. The molecular weight excluding hydrogens is 258 g/mol. The Hall–Kier alpha value is -1.15. The van der Waals surface area contributed by atoms with E-state index < -0.39 is 10.4 Å². The molecule has 1 aromatic carbocycles. The third-order valence-electron chi connectivity index (χ3n) is 3.21. The lowest BCUT2D eigenvalue weighted by atomic mass is 9.93. The molecule has 0 bridgehead atoms. The summed E-state index contributed by atoms with van der Waals surface area (Å²) in [6, 6.07) is 0. The van der Waals surface area contributed by atoms with Crippen LogP contribution in [0.3, 0.4) is 0 Å². The molecule has 0 aliphatic carbocycles. The van der Waals surface area contributed by atoms with Gasteiger partial charge in [0.05, 0.1) is 6.61 Å². The van der Waals surface area contributed by atoms with Crippen molar-refractivity contribution in [2.24, 2.45) is 5.90 Å². The van der Waals surface area contributed by atoms with Crippen LogP contribution in [0.5, 0.6) is 5.75 Å². The first-order chi connectivity index (χ1) is 8.21. The van der Waals surface area contributed by atoms with E-state index in [2.05, 4.69) is 14.4 Å². The number of benzene rings is 1. The Bertz CT molecular complexity index is 536. The largest absolute Gasteiger partial charge is 0.507 e. The van der Waals surface area contributed by atoms with Crippen LogP contribution in [-0.4, -0.2) is 13.5 Å². The van der Waals surface area contributed by atoms with Crippen molar-refractivity contribution in [3.63, 3.8) is 0 Å². The average Bonchev–Trinajstić information content (AvgIpc) is 2.34. The lowest BCUT2D eigenvalue weighted by molar-refractivity contribution is 0.211. The minimum Gasteiger partial charge on any atom is -0.507 e. The van der Waals surface area contributed by atoms with Crippen LogP contribution in [0.1, 0.15) is 27.8 Å². The second-order valence-electron chi connectivity index (χ2n) is 4.09. The van der Waals surface area contributed by atoms with E-state index in [1.54, 1.807) is 13.8 Å². The van der Waals surface area contributed by atoms with Crippen molar-refractivity contribution < 1.29 is 22.0 Å². The van der Waals surface area contributed by atoms with Gasteiger partial charge in [0.25, 0.3) is 0 Å². The molecule has 0 fully saturated rings. The predicted octanol–water partition coefficient (Wildman–Crippen LogP) is 1.28. The van der Waals surface area contributed by atoms with Crippen LogP contribution in [0, 0.1) is 27.7 Å². The van der Waals surface area contributed by atoms with E-state index in [9.17, 15) is 13.5 Å². The fourth-order valence-electron chi connectivity index (χ4n) is 1.77. The summed E-state index contributed by atoms with van der Waals surface area (Å²) in [5, 5.41) is 9.92. The van der Waals surface area contributed by atoms with Gasteiger partial charge in [-0.3, -0.25) is 0 Å². The van der Waals surface area contributed by atoms with Gasteiger partial charge in [-0.1, -0.05) is 0 Å². The smallest absolute Gasteiger partial charge is 0.416 e. The number of phenolic OH excluding ortho intramolecular Hbond substituents is 1. The predicted molar refractivity (Wildman–Crippen MR) is 66.0 cm³/mol. The van der Waals surface area contributed by atoms with Gasteiger partial charge < -0.3 is 5.11 Å². The third kappa shape index (κ3) is 2.81. The summed E-state index contributed by atoms with van der Waals surface area (Å²) in [5.41, 5.74) is 3.73. The maximum absolute atomic E-state index is 11.0. The van der Waals surface area contributed by atoms with Crippen molar-refractivity contribution in [2.75, 3.05) is 0 Å². The summed E-state index contributed by atoms with van der Waals surface area (Å²) in [7, 11) is -4.19. The molecule has 6 nitrogen and oxygen atoms in total. The quantitative estimate of drug-likeness (QED) is 0.803. The molecule has 0 radical (unpaired) electrons. The van der Waals surface area contributed by atoms with Gasteiger partial charge in [-0.15, -0.1) is 0 Å². The molecule has 1 aromatic rings. The van der Waals surface area contributed by atoms with Crippen molar-refractivity contribution >= 4 is 10.4 Å². The highest BCUT2D eigenvalue weighted by molar-refractivity contribution is 7.81. The highest BCUT2D eigenvalue weighted by atomic mass is 32.3. The lowest BCUT2D eigenvalue weighted by Gasteiger charge is -2.16. The van der Waals surface area contributed by atoms with Gasteiger partial charge >= 0.3 is 10.4 Å². The van der Waals surface area contributed by atoms with E-state index in [1.807, 2.05) is 13.8 Å². The summed E-state index contributed by atoms with van der Waals surface area (Å²) < 4.78 is 30.3. The summed E-state index contributed by atoms with van der Waals surface area (Å²) in [6.07, 6.45) is 0. The van der Waals surface area contributed by atoms with E-state index in [4.69, 9.17) is 0 Å². The molecule has 0 spiro atoms. The van der Waals surface area contributed by atoms with E-state index in [0.29, 0.717) is 11.1 Å². The number of hydrogen-bond donors (Lipinski definition) is 2. The van der Waals surface area contributed by atoms with Crippen LogP contribution in [0.4, 0.5) is 0 Å². The van der Waals surface area contributed by atoms with Gasteiger partial charge in [0.15, 0.2) is 0 Å². The van der Waals surface area contributed by atoms with Gasteiger partial charge in [0, 0.05) is 0 Å². The number of phenols is 1. The molecule has 0 heterocycles. The zero-order valence-electron chi connectivity index (χ0n) is 10.8. The number of rotatable bonds is 4. The molecule has 7 heteroatoms. The molecule has 0 aliphatic heterocycles. The molecule has 18 heavy (non-hydrogen) atoms. The number of aromatic hydroxyl groups is 1. The Morgan fingerprint density at radius 1 is 1.06 bits per heavy atom. The monoisotopic (exact) mass is 275 g/mol. The minimum absolute atomic E-state index is 0.141. The van der Waals surface area contributed by atoms with Crippen molar-refractivity contribution in [2.45, 2.75) is 34.3 Å². The van der Waals surface area contributed by atoms with Crippen LogP contribution >= 0.6 is 0 Å². The Labute approximate surface area is 107 Å². The normalized spacial score (nSPS) is 11.8. The van der Waals surface area contributed by atoms with Gasteiger partial charge in [-0.25, -0.2) is 4.18 Å². The number of nitrogens with two attached hydrogens (primary N) is 1. The summed E-state index contributed by atoms with van der Waals surface area (Å²) in [6.45, 7) is 6.95.